The van der Waals surface area contributed by atoms with E-state index >= 15 is 0 Å². The van der Waals surface area contributed by atoms with Gasteiger partial charge < -0.3 is 10.2 Å². The molecule has 1 aliphatic rings. The van der Waals surface area contributed by atoms with Gasteiger partial charge in [0.25, 0.3) is 0 Å². The molecule has 4 heteroatoms. The van der Waals surface area contributed by atoms with Crippen molar-refractivity contribution in [3.05, 3.63) is 71.3 Å². The Balaban J connectivity index is 0.000000362. The van der Waals surface area contributed by atoms with Crippen LogP contribution in [0.15, 0.2) is 54.6 Å². The highest BCUT2D eigenvalue weighted by atomic mass is 16.3. The monoisotopic (exact) mass is 482 g/mol. The fraction of sp³-hybridized carbons (Fsp3) is 0.548. The van der Waals surface area contributed by atoms with Crippen LogP contribution in [-0.2, 0) is 20.4 Å². The van der Waals surface area contributed by atoms with Crippen molar-refractivity contribution in [3.63, 3.8) is 0 Å². The zero-order chi connectivity index (χ0) is 27.2. The van der Waals surface area contributed by atoms with E-state index in [0.29, 0.717) is 5.92 Å². The van der Waals surface area contributed by atoms with Gasteiger partial charge in [0.2, 0.25) is 0 Å². The van der Waals surface area contributed by atoms with Gasteiger partial charge in [0.05, 0.1) is 0 Å². The second kappa shape index (κ2) is 11.6. The first kappa shape index (κ1) is 30.7. The summed E-state index contributed by atoms with van der Waals surface area (Å²) in [6.07, 6.45) is 2.47. The minimum absolute atomic E-state index is 0.201. The molecule has 0 amide bonds. The molecule has 2 N–H and O–H groups in total. The predicted octanol–water partition coefficient (Wildman–Crippen LogP) is 6.51. The van der Waals surface area contributed by atoms with Crippen LogP contribution in [0.3, 0.4) is 0 Å². The summed E-state index contributed by atoms with van der Waals surface area (Å²) in [6, 6.07) is 20.0. The van der Waals surface area contributed by atoms with E-state index in [1.165, 1.54) is 59.9 Å². The second-order valence-corrected chi connectivity index (χ2v) is 11.9. The molecule has 0 bridgehead atoms. The van der Waals surface area contributed by atoms with E-state index in [2.05, 4.69) is 82.3 Å². The summed E-state index contributed by atoms with van der Waals surface area (Å²) < 4.78 is 0. The summed E-state index contributed by atoms with van der Waals surface area (Å²) in [5, 5.41) is 17.5. The Labute approximate surface area is 212 Å². The Hall–Kier alpha value is -2.30. The minimum atomic E-state index is -1.14. The zero-order valence-corrected chi connectivity index (χ0v) is 23.4. The lowest BCUT2D eigenvalue weighted by molar-refractivity contribution is -0.132. The van der Waals surface area contributed by atoms with Crippen molar-refractivity contribution in [2.45, 2.75) is 110 Å². The lowest BCUT2D eigenvalue weighted by Gasteiger charge is -2.36. The molecule has 0 aliphatic heterocycles. The average molecular weight is 483 g/mol. The van der Waals surface area contributed by atoms with Gasteiger partial charge in [-0.1, -0.05) is 82.3 Å². The first-order valence-corrected chi connectivity index (χ1v) is 12.4. The molecular weight excluding hydrogens is 436 g/mol. The summed E-state index contributed by atoms with van der Waals surface area (Å²) in [5.41, 5.74) is 2.79. The van der Waals surface area contributed by atoms with Gasteiger partial charge in [-0.3, -0.25) is 9.59 Å². The lowest BCUT2D eigenvalue weighted by Crippen LogP contribution is -2.30. The number of rotatable bonds is 5. The number of carbonyl (C=O) groups is 2. The summed E-state index contributed by atoms with van der Waals surface area (Å²) in [6.45, 7) is 18.2. The van der Waals surface area contributed by atoms with Crippen LogP contribution >= 0.6 is 0 Å². The van der Waals surface area contributed by atoms with Crippen LogP contribution < -0.4 is 0 Å². The van der Waals surface area contributed by atoms with Crippen LogP contribution in [0.4, 0.5) is 0 Å². The van der Waals surface area contributed by atoms with Crippen LogP contribution in [0.5, 0.6) is 0 Å². The van der Waals surface area contributed by atoms with Crippen LogP contribution in [0.1, 0.15) is 105 Å². The fourth-order valence-electron chi connectivity index (χ4n) is 4.51. The Morgan fingerprint density at radius 3 is 1.66 bits per heavy atom. The van der Waals surface area contributed by atoms with Crippen molar-refractivity contribution in [2.24, 2.45) is 0 Å². The van der Waals surface area contributed by atoms with Gasteiger partial charge in [0.1, 0.15) is 11.2 Å². The third-order valence-electron chi connectivity index (χ3n) is 7.01. The molecule has 4 nitrogen and oxygen atoms in total. The van der Waals surface area contributed by atoms with E-state index in [0.717, 1.165) is 0 Å². The van der Waals surface area contributed by atoms with Crippen LogP contribution in [0.2, 0.25) is 0 Å². The predicted molar refractivity (Wildman–Crippen MR) is 145 cm³/mol. The number of aliphatic hydroxyl groups is 2. The molecule has 0 radical (unpaired) electrons. The highest BCUT2D eigenvalue weighted by molar-refractivity contribution is 5.83. The van der Waals surface area contributed by atoms with Gasteiger partial charge in [-0.05, 0) is 87.8 Å². The number of fused-ring (bicyclic) bond motifs is 1. The summed E-state index contributed by atoms with van der Waals surface area (Å²) >= 11 is 0. The third-order valence-corrected chi connectivity index (χ3v) is 7.01. The number of hydrogen-bond donors (Lipinski definition) is 2. The van der Waals surface area contributed by atoms with Crippen molar-refractivity contribution >= 4 is 11.6 Å². The molecular formula is C31H46O4. The molecule has 0 saturated heterocycles. The quantitative estimate of drug-likeness (QED) is 0.509. The maximum Gasteiger partial charge on any atom is 0.160 e. The van der Waals surface area contributed by atoms with Gasteiger partial charge in [-0.25, -0.2) is 0 Å². The standard InChI is InChI=1S/C21H26.2C5H10O2/c1-16-14-21(4,19-13-9-8-12-18(16)19)15-20(2,3)17-10-6-5-7-11-17;2*1-4(6)5(2,3)7/h5-13,16H,14-15H2,1-4H3;2*7H,1-3H3. The van der Waals surface area contributed by atoms with Crippen molar-refractivity contribution in [1.29, 1.82) is 0 Å². The van der Waals surface area contributed by atoms with Crippen molar-refractivity contribution < 1.29 is 19.8 Å². The van der Waals surface area contributed by atoms with Crippen molar-refractivity contribution in [3.8, 4) is 0 Å². The van der Waals surface area contributed by atoms with Crippen molar-refractivity contribution in [1.82, 2.24) is 0 Å². The van der Waals surface area contributed by atoms with Gasteiger partial charge in [0.15, 0.2) is 11.6 Å². The summed E-state index contributed by atoms with van der Waals surface area (Å²) in [7, 11) is 0. The molecule has 2 atom stereocenters. The lowest BCUT2D eigenvalue weighted by atomic mass is 9.68. The van der Waals surface area contributed by atoms with E-state index in [1.54, 1.807) is 11.1 Å². The molecule has 0 aromatic heterocycles. The highest BCUT2D eigenvalue weighted by Crippen LogP contribution is 2.51. The highest BCUT2D eigenvalue weighted by Gasteiger charge is 2.42. The fourth-order valence-corrected chi connectivity index (χ4v) is 4.51. The molecule has 0 heterocycles. The minimum Gasteiger partial charge on any atom is -0.383 e. The molecule has 0 spiro atoms. The Morgan fingerprint density at radius 2 is 1.23 bits per heavy atom. The Bertz CT molecular complexity index is 953. The number of Topliss-reactive ketones (excluding diaryl/α,β-unsaturated/α-hetero) is 2. The second-order valence-electron chi connectivity index (χ2n) is 11.9. The molecule has 2 aromatic rings. The molecule has 3 rings (SSSR count). The van der Waals surface area contributed by atoms with Gasteiger partial charge in [-0.15, -0.1) is 0 Å². The number of carbonyl (C=O) groups excluding carboxylic acids is 2. The number of ketones is 2. The van der Waals surface area contributed by atoms with Crippen molar-refractivity contribution in [2.75, 3.05) is 0 Å². The molecule has 0 saturated carbocycles. The summed E-state index contributed by atoms with van der Waals surface area (Å²) in [5.74, 6) is 0.276. The number of hydrogen-bond acceptors (Lipinski definition) is 4. The van der Waals surface area contributed by atoms with Crippen LogP contribution in [-0.4, -0.2) is 33.0 Å². The Kier molecular flexibility index (Phi) is 10.2. The SMILES string of the molecule is CC(=O)C(C)(C)O.CC(=O)C(C)(C)O.CC1CC(C)(CC(C)(C)c2ccccc2)c2ccccc21. The van der Waals surface area contributed by atoms with E-state index in [1.807, 2.05) is 0 Å². The molecule has 0 fully saturated rings. The van der Waals surface area contributed by atoms with E-state index in [4.69, 9.17) is 10.2 Å². The van der Waals surface area contributed by atoms with Gasteiger partial charge in [0, 0.05) is 0 Å². The van der Waals surface area contributed by atoms with Gasteiger partial charge >= 0.3 is 0 Å². The Morgan fingerprint density at radius 1 is 0.829 bits per heavy atom. The van der Waals surface area contributed by atoms with E-state index < -0.39 is 11.2 Å². The van der Waals surface area contributed by atoms with Gasteiger partial charge in [-0.2, -0.15) is 0 Å². The molecule has 2 unspecified atom stereocenters. The normalized spacial score (nSPS) is 19.5. The topological polar surface area (TPSA) is 74.6 Å². The first-order valence-electron chi connectivity index (χ1n) is 12.4. The number of benzene rings is 2. The van der Waals surface area contributed by atoms with Crippen LogP contribution in [0, 0.1) is 0 Å². The van der Waals surface area contributed by atoms with E-state index in [9.17, 15) is 9.59 Å². The molecule has 194 valence electrons. The molecule has 35 heavy (non-hydrogen) atoms. The molecule has 1 aliphatic carbocycles. The smallest absolute Gasteiger partial charge is 0.160 e. The zero-order valence-electron chi connectivity index (χ0n) is 23.4. The molecule has 2 aromatic carbocycles. The average Bonchev–Trinajstić information content (AvgIpc) is 2.98. The maximum atomic E-state index is 10.2. The van der Waals surface area contributed by atoms with Crippen LogP contribution in [0.25, 0.3) is 0 Å². The summed E-state index contributed by atoms with van der Waals surface area (Å²) in [4.78, 5) is 20.4. The maximum absolute atomic E-state index is 10.2. The first-order chi connectivity index (χ1) is 15.8. The largest absolute Gasteiger partial charge is 0.383 e. The third kappa shape index (κ3) is 9.01. The van der Waals surface area contributed by atoms with E-state index in [-0.39, 0.29) is 22.4 Å².